The summed E-state index contributed by atoms with van der Waals surface area (Å²) in [6.45, 7) is 9.68. The lowest BCUT2D eigenvalue weighted by molar-refractivity contribution is -0.135. The number of rotatable bonds is 21. The van der Waals surface area contributed by atoms with E-state index in [-0.39, 0.29) is 54.7 Å². The van der Waals surface area contributed by atoms with E-state index < -0.39 is 50.4 Å². The molecule has 8 rings (SSSR count). The fraction of sp³-hybridized carbons (Fsp3) is 0.309. The molecule has 1 N–H and O–H groups in total. The molecule has 0 saturated carbocycles. The number of nitriles is 1. The zero-order valence-electron chi connectivity index (χ0n) is 41.2. The van der Waals surface area contributed by atoms with Crippen LogP contribution in [0.3, 0.4) is 0 Å². The number of amides is 1. The molecule has 1 fully saturated rings. The summed E-state index contributed by atoms with van der Waals surface area (Å²) in [7, 11) is 1.33. The molecular weight excluding hydrogens is 934 g/mol. The van der Waals surface area contributed by atoms with Gasteiger partial charge in [0.1, 0.15) is 35.2 Å². The fourth-order valence-electron chi connectivity index (χ4n) is 8.95. The van der Waals surface area contributed by atoms with Crippen molar-refractivity contribution in [3.05, 3.63) is 174 Å². The van der Waals surface area contributed by atoms with Crippen molar-refractivity contribution in [3.63, 3.8) is 0 Å². The van der Waals surface area contributed by atoms with Crippen molar-refractivity contribution in [1.29, 1.82) is 5.26 Å². The third kappa shape index (κ3) is 11.2. The zero-order valence-corrected chi connectivity index (χ0v) is 42.1. The van der Waals surface area contributed by atoms with Crippen LogP contribution in [0.5, 0.6) is 17.4 Å². The molecule has 3 heterocycles. The van der Waals surface area contributed by atoms with E-state index in [0.717, 1.165) is 16.7 Å². The molecule has 72 heavy (non-hydrogen) atoms. The van der Waals surface area contributed by atoms with Gasteiger partial charge in [-0.1, -0.05) is 115 Å². The quantitative estimate of drug-likeness (QED) is 0.0311. The van der Waals surface area contributed by atoms with E-state index in [1.54, 1.807) is 18.8 Å². The summed E-state index contributed by atoms with van der Waals surface area (Å²) in [4.78, 5) is 41.2. The number of fused-ring (bicyclic) bond motifs is 1. The highest BCUT2D eigenvalue weighted by molar-refractivity contribution is 7.44. The predicted octanol–water partition coefficient (Wildman–Crippen LogP) is 10.1. The Kier molecular flexibility index (Phi) is 16.7. The Labute approximate surface area is 420 Å². The summed E-state index contributed by atoms with van der Waals surface area (Å²) >= 11 is 0. The monoisotopic (exact) mass is 991 g/mol. The number of nitrogens with one attached hydrogen (secondary N) is 1. The van der Waals surface area contributed by atoms with E-state index in [1.165, 1.54) is 13.3 Å². The molecule has 1 aliphatic rings. The molecule has 7 aromatic rings. The normalized spacial score (nSPS) is 16.3. The van der Waals surface area contributed by atoms with Gasteiger partial charge in [0.2, 0.25) is 11.9 Å². The number of methoxy groups -OCH3 is 2. The maximum absolute atomic E-state index is 14.5. The van der Waals surface area contributed by atoms with Crippen LogP contribution in [0, 0.1) is 11.3 Å². The third-order valence-electron chi connectivity index (χ3n) is 12.1. The SMILES string of the molecule is COc1ccc(C(O[C@H]2CO[C@@H](n3cnc4c(OC(=O)C(c5ccccc5)c5ccccc5)nc(NC(C)=O)nc43)[C@@H]2OP(OCCC#N)N(C(C)C)C(C)C)(c2ccccc2)c2ccc(OC)cc2)cc1. The number of esters is 1. The maximum Gasteiger partial charge on any atom is 0.324 e. The highest BCUT2D eigenvalue weighted by atomic mass is 31.2. The van der Waals surface area contributed by atoms with E-state index >= 15 is 0 Å². The van der Waals surface area contributed by atoms with Crippen LogP contribution in [0.25, 0.3) is 11.2 Å². The number of imidazole rings is 1. The first kappa shape index (κ1) is 51.3. The average Bonchev–Trinajstić information content (AvgIpc) is 3.99. The van der Waals surface area contributed by atoms with Gasteiger partial charge in [0.05, 0.1) is 46.3 Å². The Balaban J connectivity index is 1.29. The molecule has 1 amide bonds. The summed E-state index contributed by atoms with van der Waals surface area (Å²) in [5.74, 6) is -0.888. The number of carbonyl (C=O) groups is 2. The largest absolute Gasteiger partial charge is 0.497 e. The van der Waals surface area contributed by atoms with Gasteiger partial charge >= 0.3 is 5.97 Å². The fourth-order valence-corrected chi connectivity index (χ4v) is 10.7. The molecule has 4 atom stereocenters. The molecule has 0 radical (unpaired) electrons. The maximum atomic E-state index is 14.5. The minimum absolute atomic E-state index is 0.00192. The first-order valence-electron chi connectivity index (χ1n) is 23.7. The van der Waals surface area contributed by atoms with Crippen molar-refractivity contribution in [1.82, 2.24) is 24.2 Å². The van der Waals surface area contributed by atoms with Gasteiger partial charge in [0, 0.05) is 19.0 Å². The molecular formula is C55H58N7O9P. The van der Waals surface area contributed by atoms with Crippen LogP contribution in [0.15, 0.2) is 146 Å². The van der Waals surface area contributed by atoms with E-state index in [9.17, 15) is 14.9 Å². The van der Waals surface area contributed by atoms with Gasteiger partial charge in [-0.3, -0.25) is 19.5 Å². The van der Waals surface area contributed by atoms with Crippen molar-refractivity contribution in [2.75, 3.05) is 32.8 Å². The van der Waals surface area contributed by atoms with E-state index in [1.807, 2.05) is 140 Å². The highest BCUT2D eigenvalue weighted by Crippen LogP contribution is 2.52. The molecule has 16 nitrogen and oxygen atoms in total. The number of ether oxygens (including phenoxy) is 5. The van der Waals surface area contributed by atoms with Gasteiger partial charge in [0.25, 0.3) is 14.4 Å². The Morgan fingerprint density at radius 3 is 1.86 bits per heavy atom. The van der Waals surface area contributed by atoms with Crippen LogP contribution in [0.4, 0.5) is 5.95 Å². The van der Waals surface area contributed by atoms with Crippen LogP contribution in [-0.2, 0) is 33.7 Å². The standard InChI is InChI=1S/C55H58N7O9P/c1-36(2)62(37(3)4)72(68-33-17-32-56)71-49-46(70-55(41-22-15-10-16-23-41,42-24-28-44(65-6)29-25-42)43-26-30-45(66-7)31-27-43)34-67-52(49)61-35-57-48-50(61)59-54(58-38(5)63)60-51(48)69-53(64)47(39-18-11-8-12-19-39)40-20-13-9-14-21-40/h8-16,18-31,35-37,46-47,49,52H,17,33-34H2,1-7H3,(H,58,59,60,63)/t46-,49+,52+,72?/m0/s1. The van der Waals surface area contributed by atoms with Crippen molar-refractivity contribution >= 4 is 37.5 Å². The topological polar surface area (TPSA) is 181 Å². The smallest absolute Gasteiger partial charge is 0.324 e. The number of nitrogens with zero attached hydrogens (tertiary/aromatic N) is 6. The average molecular weight is 992 g/mol. The Bertz CT molecular complexity index is 2840. The van der Waals surface area contributed by atoms with E-state index in [4.69, 9.17) is 42.7 Å². The number of carbonyl (C=O) groups excluding carboxylic acids is 2. The number of anilines is 1. The Morgan fingerprint density at radius 2 is 1.35 bits per heavy atom. The summed E-state index contributed by atoms with van der Waals surface area (Å²) in [6, 6.07) is 46.1. The van der Waals surface area contributed by atoms with Gasteiger partial charge in [-0.25, -0.2) is 9.65 Å². The Hall–Kier alpha value is -7.09. The predicted molar refractivity (Wildman–Crippen MR) is 272 cm³/mol. The number of aromatic nitrogens is 4. The molecule has 17 heteroatoms. The minimum atomic E-state index is -1.91. The second-order valence-corrected chi connectivity index (χ2v) is 18.9. The number of hydrogen-bond donors (Lipinski definition) is 1. The Morgan fingerprint density at radius 1 is 0.806 bits per heavy atom. The second-order valence-electron chi connectivity index (χ2n) is 17.5. The first-order valence-corrected chi connectivity index (χ1v) is 24.8. The lowest BCUT2D eigenvalue weighted by Gasteiger charge is -2.41. The van der Waals surface area contributed by atoms with Crippen molar-refractivity contribution in [2.45, 2.75) is 83.1 Å². The molecule has 372 valence electrons. The number of hydrogen-bond acceptors (Lipinski definition) is 14. The summed E-state index contributed by atoms with van der Waals surface area (Å²) in [6.07, 6.45) is -1.19. The molecule has 1 unspecified atom stereocenters. The van der Waals surface area contributed by atoms with Crippen LogP contribution < -0.4 is 19.5 Å². The van der Waals surface area contributed by atoms with Crippen molar-refractivity contribution in [3.8, 4) is 23.4 Å². The first-order chi connectivity index (χ1) is 34.9. The van der Waals surface area contributed by atoms with Crippen molar-refractivity contribution < 1.29 is 42.3 Å². The summed E-state index contributed by atoms with van der Waals surface area (Å²) in [5.41, 5.74) is 2.81. The van der Waals surface area contributed by atoms with Gasteiger partial charge in [0.15, 0.2) is 17.4 Å². The third-order valence-corrected chi connectivity index (χ3v) is 14.2. The lowest BCUT2D eigenvalue weighted by Crippen LogP contribution is -2.43. The van der Waals surface area contributed by atoms with Crippen LogP contribution in [-0.4, -0.2) is 87.8 Å². The second kappa shape index (κ2) is 23.4. The molecule has 2 aromatic heterocycles. The van der Waals surface area contributed by atoms with Gasteiger partial charge in [-0.05, 0) is 79.8 Å². The van der Waals surface area contributed by atoms with Crippen molar-refractivity contribution in [2.24, 2.45) is 0 Å². The molecule has 0 bridgehead atoms. The van der Waals surface area contributed by atoms with E-state index in [0.29, 0.717) is 22.6 Å². The summed E-state index contributed by atoms with van der Waals surface area (Å²) < 4.78 is 49.6. The van der Waals surface area contributed by atoms with Gasteiger partial charge in [-0.15, -0.1) is 0 Å². The minimum Gasteiger partial charge on any atom is -0.497 e. The van der Waals surface area contributed by atoms with Gasteiger partial charge < -0.3 is 32.7 Å². The molecule has 1 aliphatic heterocycles. The highest BCUT2D eigenvalue weighted by Gasteiger charge is 2.50. The molecule has 0 spiro atoms. The summed E-state index contributed by atoms with van der Waals surface area (Å²) in [5, 5.41) is 12.3. The lowest BCUT2D eigenvalue weighted by atomic mass is 9.79. The molecule has 0 aliphatic carbocycles. The zero-order chi connectivity index (χ0) is 50.8. The molecule has 5 aromatic carbocycles. The van der Waals surface area contributed by atoms with Gasteiger partial charge in [-0.2, -0.15) is 15.2 Å². The van der Waals surface area contributed by atoms with Crippen LogP contribution >= 0.6 is 8.53 Å². The van der Waals surface area contributed by atoms with Crippen LogP contribution in [0.1, 0.15) is 81.0 Å². The number of benzene rings is 5. The molecule has 1 saturated heterocycles. The van der Waals surface area contributed by atoms with Crippen LogP contribution in [0.2, 0.25) is 0 Å². The van der Waals surface area contributed by atoms with E-state index in [2.05, 4.69) is 48.7 Å².